The number of nitrogens with zero attached hydrogens (tertiary/aromatic N) is 1. The number of carboxylic acid groups (broad SMARTS) is 1. The predicted molar refractivity (Wildman–Crippen MR) is 119 cm³/mol. The molecule has 166 valence electrons. The molecule has 0 saturated heterocycles. The SMILES string of the molecule is CCOC(Cc1ccc(OCCN2CC=C(c3ccc(F)cc3Cl)CC2)cc1)C(=O)O. The van der Waals surface area contributed by atoms with Crippen LogP contribution in [0.5, 0.6) is 5.75 Å². The van der Waals surface area contributed by atoms with E-state index in [1.807, 2.05) is 24.3 Å². The van der Waals surface area contributed by atoms with Gasteiger partial charge in [0.2, 0.25) is 0 Å². The predicted octanol–water partition coefficient (Wildman–Crippen LogP) is 4.68. The number of hydrogen-bond acceptors (Lipinski definition) is 4. The number of hydrogen-bond donors (Lipinski definition) is 1. The molecular formula is C24H27ClFNO4. The van der Waals surface area contributed by atoms with Crippen molar-refractivity contribution in [3.05, 3.63) is 70.5 Å². The van der Waals surface area contributed by atoms with Crippen molar-refractivity contribution in [1.29, 1.82) is 0 Å². The van der Waals surface area contributed by atoms with Gasteiger partial charge in [0.25, 0.3) is 0 Å². The van der Waals surface area contributed by atoms with Crippen molar-refractivity contribution in [2.75, 3.05) is 32.8 Å². The summed E-state index contributed by atoms with van der Waals surface area (Å²) in [5.74, 6) is -0.533. The Morgan fingerprint density at radius 3 is 2.65 bits per heavy atom. The fourth-order valence-electron chi connectivity index (χ4n) is 3.56. The van der Waals surface area contributed by atoms with Gasteiger partial charge in [0, 0.05) is 32.7 Å². The lowest BCUT2D eigenvalue weighted by Gasteiger charge is -2.26. The van der Waals surface area contributed by atoms with Crippen molar-refractivity contribution in [3.8, 4) is 5.75 Å². The van der Waals surface area contributed by atoms with Crippen LogP contribution in [0.15, 0.2) is 48.5 Å². The van der Waals surface area contributed by atoms with E-state index in [2.05, 4.69) is 11.0 Å². The first-order valence-corrected chi connectivity index (χ1v) is 10.8. The van der Waals surface area contributed by atoms with Gasteiger partial charge in [-0.15, -0.1) is 0 Å². The normalized spacial score (nSPS) is 15.4. The molecule has 0 aliphatic carbocycles. The van der Waals surface area contributed by atoms with Crippen molar-refractivity contribution in [1.82, 2.24) is 4.90 Å². The molecular weight excluding hydrogens is 421 g/mol. The highest BCUT2D eigenvalue weighted by Crippen LogP contribution is 2.29. The standard InChI is InChI=1S/C24H27ClFNO4/c1-2-30-23(24(28)29)15-17-3-6-20(7-4-17)31-14-13-27-11-9-18(10-12-27)21-8-5-19(26)16-22(21)25/h3-9,16,23H,2,10-15H2,1H3,(H,28,29). The van der Waals surface area contributed by atoms with Crippen LogP contribution in [0.3, 0.4) is 0 Å². The summed E-state index contributed by atoms with van der Waals surface area (Å²) in [7, 11) is 0. The Balaban J connectivity index is 1.44. The molecule has 0 radical (unpaired) electrons. The van der Waals surface area contributed by atoms with Gasteiger partial charge in [0.05, 0.1) is 5.02 Å². The monoisotopic (exact) mass is 447 g/mol. The highest BCUT2D eigenvalue weighted by Gasteiger charge is 2.18. The molecule has 2 aromatic carbocycles. The Morgan fingerprint density at radius 2 is 2.03 bits per heavy atom. The van der Waals surface area contributed by atoms with Crippen molar-refractivity contribution in [2.45, 2.75) is 25.9 Å². The van der Waals surface area contributed by atoms with Gasteiger partial charge in [-0.2, -0.15) is 0 Å². The van der Waals surface area contributed by atoms with E-state index in [1.165, 1.54) is 12.1 Å². The quantitative estimate of drug-likeness (QED) is 0.573. The van der Waals surface area contributed by atoms with Gasteiger partial charge in [-0.3, -0.25) is 4.90 Å². The van der Waals surface area contributed by atoms with Gasteiger partial charge in [0.15, 0.2) is 6.10 Å². The molecule has 1 heterocycles. The summed E-state index contributed by atoms with van der Waals surface area (Å²) in [6.45, 7) is 5.16. The molecule has 0 spiro atoms. The summed E-state index contributed by atoms with van der Waals surface area (Å²) in [4.78, 5) is 13.5. The number of rotatable bonds is 10. The fourth-order valence-corrected chi connectivity index (χ4v) is 3.84. The highest BCUT2D eigenvalue weighted by atomic mass is 35.5. The third-order valence-corrected chi connectivity index (χ3v) is 5.55. The van der Waals surface area contributed by atoms with Crippen LogP contribution < -0.4 is 4.74 Å². The zero-order chi connectivity index (χ0) is 22.2. The third kappa shape index (κ3) is 6.79. The van der Waals surface area contributed by atoms with Crippen molar-refractivity contribution in [2.24, 2.45) is 0 Å². The first kappa shape index (κ1) is 23.3. The van der Waals surface area contributed by atoms with E-state index < -0.39 is 12.1 Å². The van der Waals surface area contributed by atoms with Gasteiger partial charge in [0.1, 0.15) is 18.2 Å². The fraction of sp³-hybridized carbons (Fsp3) is 0.375. The van der Waals surface area contributed by atoms with Gasteiger partial charge in [-0.05, 0) is 54.3 Å². The molecule has 2 aromatic rings. The summed E-state index contributed by atoms with van der Waals surface area (Å²) in [5, 5.41) is 9.63. The Labute approximate surface area is 187 Å². The molecule has 5 nitrogen and oxygen atoms in total. The van der Waals surface area contributed by atoms with Gasteiger partial charge in [-0.1, -0.05) is 35.9 Å². The molecule has 1 aliphatic heterocycles. The zero-order valence-corrected chi connectivity index (χ0v) is 18.3. The van der Waals surface area contributed by atoms with Crippen LogP contribution in [0.2, 0.25) is 5.02 Å². The zero-order valence-electron chi connectivity index (χ0n) is 17.5. The number of carboxylic acids is 1. The van der Waals surface area contributed by atoms with Crippen molar-refractivity contribution in [3.63, 3.8) is 0 Å². The average molecular weight is 448 g/mol. The maximum absolute atomic E-state index is 13.2. The van der Waals surface area contributed by atoms with E-state index >= 15 is 0 Å². The van der Waals surface area contributed by atoms with Gasteiger partial charge >= 0.3 is 5.97 Å². The molecule has 3 rings (SSSR count). The molecule has 0 saturated carbocycles. The number of ether oxygens (including phenoxy) is 2. The lowest BCUT2D eigenvalue weighted by atomic mass is 9.99. The molecule has 31 heavy (non-hydrogen) atoms. The minimum atomic E-state index is -0.956. The first-order chi connectivity index (χ1) is 15.0. The minimum absolute atomic E-state index is 0.323. The lowest BCUT2D eigenvalue weighted by Crippen LogP contribution is -2.32. The summed E-state index contributed by atoms with van der Waals surface area (Å²) in [6, 6.07) is 12.0. The Morgan fingerprint density at radius 1 is 1.26 bits per heavy atom. The molecule has 0 aromatic heterocycles. The Kier molecular flexibility index (Phi) is 8.46. The van der Waals surface area contributed by atoms with Crippen LogP contribution >= 0.6 is 11.6 Å². The topological polar surface area (TPSA) is 59.0 Å². The van der Waals surface area contributed by atoms with E-state index in [9.17, 15) is 14.3 Å². The van der Waals surface area contributed by atoms with Gasteiger partial charge < -0.3 is 14.6 Å². The maximum Gasteiger partial charge on any atom is 0.333 e. The smallest absolute Gasteiger partial charge is 0.333 e. The highest BCUT2D eigenvalue weighted by molar-refractivity contribution is 6.32. The molecule has 7 heteroatoms. The molecule has 1 aliphatic rings. The molecule has 1 N–H and O–H groups in total. The number of aliphatic carboxylic acids is 1. The van der Waals surface area contributed by atoms with Crippen LogP contribution in [-0.4, -0.2) is 54.9 Å². The molecule has 0 amide bonds. The molecule has 0 fully saturated rings. The van der Waals surface area contributed by atoms with E-state index in [0.29, 0.717) is 24.7 Å². The van der Waals surface area contributed by atoms with E-state index in [0.717, 1.165) is 48.5 Å². The second kappa shape index (κ2) is 11.3. The summed E-state index contributed by atoms with van der Waals surface area (Å²) in [6.07, 6.45) is 2.47. The minimum Gasteiger partial charge on any atom is -0.492 e. The van der Waals surface area contributed by atoms with Crippen molar-refractivity contribution < 1.29 is 23.8 Å². The Hall–Kier alpha value is -2.41. The Bertz CT molecular complexity index is 916. The van der Waals surface area contributed by atoms with Crippen LogP contribution in [-0.2, 0) is 16.0 Å². The largest absolute Gasteiger partial charge is 0.492 e. The number of benzene rings is 2. The third-order valence-electron chi connectivity index (χ3n) is 5.23. The number of halogens is 2. The van der Waals surface area contributed by atoms with Crippen LogP contribution in [0.25, 0.3) is 5.57 Å². The second-order valence-corrected chi connectivity index (χ2v) is 7.79. The second-order valence-electron chi connectivity index (χ2n) is 7.38. The lowest BCUT2D eigenvalue weighted by molar-refractivity contribution is -0.149. The van der Waals surface area contributed by atoms with Crippen LogP contribution in [0.4, 0.5) is 4.39 Å². The number of carbonyl (C=O) groups is 1. The molecule has 1 atom stereocenters. The summed E-state index contributed by atoms with van der Waals surface area (Å²) < 4.78 is 24.3. The maximum atomic E-state index is 13.2. The molecule has 0 bridgehead atoms. The van der Waals surface area contributed by atoms with E-state index in [4.69, 9.17) is 21.1 Å². The van der Waals surface area contributed by atoms with Crippen LogP contribution in [0, 0.1) is 5.82 Å². The van der Waals surface area contributed by atoms with Crippen molar-refractivity contribution >= 4 is 23.1 Å². The van der Waals surface area contributed by atoms with E-state index in [1.54, 1.807) is 13.0 Å². The van der Waals surface area contributed by atoms with E-state index in [-0.39, 0.29) is 5.82 Å². The average Bonchev–Trinajstić information content (AvgIpc) is 2.75. The molecule has 1 unspecified atom stereocenters. The summed E-state index contributed by atoms with van der Waals surface area (Å²) in [5.41, 5.74) is 2.93. The van der Waals surface area contributed by atoms with Crippen LogP contribution in [0.1, 0.15) is 24.5 Å². The first-order valence-electron chi connectivity index (χ1n) is 10.4. The summed E-state index contributed by atoms with van der Waals surface area (Å²) >= 11 is 6.17. The van der Waals surface area contributed by atoms with Gasteiger partial charge in [-0.25, -0.2) is 9.18 Å².